The summed E-state index contributed by atoms with van der Waals surface area (Å²) in [4.78, 5) is 24.4. The van der Waals surface area contributed by atoms with E-state index in [0.717, 1.165) is 16.5 Å². The molecule has 0 fully saturated rings. The van der Waals surface area contributed by atoms with Crippen molar-refractivity contribution in [1.29, 1.82) is 0 Å². The lowest BCUT2D eigenvalue weighted by Gasteiger charge is -2.21. The molecular weight excluding hydrogens is 266 g/mol. The fourth-order valence-electron chi connectivity index (χ4n) is 2.21. The molecule has 0 aliphatic carbocycles. The van der Waals surface area contributed by atoms with E-state index >= 15 is 0 Å². The van der Waals surface area contributed by atoms with Gasteiger partial charge in [0.25, 0.3) is 0 Å². The monoisotopic (exact) mass is 287 g/mol. The number of hydrogen-bond donors (Lipinski definition) is 0. The smallest absolute Gasteiger partial charge is 0.319 e. The molecule has 1 heterocycles. The first kappa shape index (κ1) is 15.3. The normalized spacial score (nSPS) is 11.6. The minimum absolute atomic E-state index is 0.153. The van der Waals surface area contributed by atoms with Crippen LogP contribution in [-0.2, 0) is 20.9 Å². The summed E-state index contributed by atoms with van der Waals surface area (Å²) in [5, 5.41) is 1.09. The molecule has 0 saturated carbocycles. The zero-order valence-electron chi connectivity index (χ0n) is 13.0. The van der Waals surface area contributed by atoms with Crippen LogP contribution in [0, 0.1) is 12.3 Å². The molecule has 112 valence electrons. The van der Waals surface area contributed by atoms with Crippen LogP contribution in [0.25, 0.3) is 10.9 Å². The van der Waals surface area contributed by atoms with Gasteiger partial charge in [0.15, 0.2) is 5.78 Å². The Bertz CT molecular complexity index is 682. The summed E-state index contributed by atoms with van der Waals surface area (Å²) in [5.74, 6) is -0.623. The maximum Gasteiger partial charge on any atom is 0.319 e. The molecule has 0 aliphatic rings. The molecule has 0 saturated heterocycles. The van der Waals surface area contributed by atoms with Crippen LogP contribution in [-0.4, -0.2) is 22.9 Å². The van der Waals surface area contributed by atoms with E-state index in [1.165, 1.54) is 0 Å². The molecule has 2 rings (SSSR count). The number of Topliss-reactive ketones (excluding diaryl/α,β-unsaturated/α-hetero) is 1. The van der Waals surface area contributed by atoms with Gasteiger partial charge in [-0.25, -0.2) is 0 Å². The Morgan fingerprint density at radius 1 is 1.24 bits per heavy atom. The minimum Gasteiger partial charge on any atom is -0.465 e. The van der Waals surface area contributed by atoms with Gasteiger partial charge in [0, 0.05) is 11.7 Å². The van der Waals surface area contributed by atoms with Crippen molar-refractivity contribution in [2.75, 3.05) is 6.61 Å². The maximum atomic E-state index is 12.5. The molecule has 1 aromatic heterocycles. The lowest BCUT2D eigenvalue weighted by atomic mass is 9.88. The molecule has 21 heavy (non-hydrogen) atoms. The van der Waals surface area contributed by atoms with Crippen LogP contribution in [0.2, 0.25) is 0 Å². The number of carbonyl (C=O) groups is 2. The molecular formula is C17H21NO3. The third kappa shape index (κ3) is 2.99. The van der Waals surface area contributed by atoms with Crippen LogP contribution in [0.1, 0.15) is 26.3 Å². The van der Waals surface area contributed by atoms with Crippen LogP contribution >= 0.6 is 0 Å². The number of benzene rings is 1. The standard InChI is InChI=1S/C17H21NO3/c1-5-21-16(20)17(3,4)15(19)11-18-9-8-13-7-6-12(2)10-14(13)18/h6-10H,5,11H2,1-4H3. The van der Waals surface area contributed by atoms with E-state index in [1.807, 2.05) is 42.0 Å². The second kappa shape index (κ2) is 5.72. The summed E-state index contributed by atoms with van der Waals surface area (Å²) in [6.07, 6.45) is 1.88. The van der Waals surface area contributed by atoms with Crippen LogP contribution in [0.4, 0.5) is 0 Å². The highest BCUT2D eigenvalue weighted by Crippen LogP contribution is 2.23. The van der Waals surface area contributed by atoms with Crippen LogP contribution in [0.15, 0.2) is 30.5 Å². The minimum atomic E-state index is -1.13. The number of aryl methyl sites for hydroxylation is 1. The van der Waals surface area contributed by atoms with Gasteiger partial charge in [-0.15, -0.1) is 0 Å². The highest BCUT2D eigenvalue weighted by molar-refractivity contribution is 6.03. The largest absolute Gasteiger partial charge is 0.465 e. The van der Waals surface area contributed by atoms with Gasteiger partial charge in [-0.1, -0.05) is 12.1 Å². The van der Waals surface area contributed by atoms with E-state index in [2.05, 4.69) is 0 Å². The number of aromatic nitrogens is 1. The Balaban J connectivity index is 2.25. The summed E-state index contributed by atoms with van der Waals surface area (Å²) in [7, 11) is 0. The third-order valence-electron chi connectivity index (χ3n) is 3.73. The average molecular weight is 287 g/mol. The molecule has 0 radical (unpaired) electrons. The van der Waals surface area contributed by atoms with Crippen LogP contribution in [0.5, 0.6) is 0 Å². The molecule has 4 nitrogen and oxygen atoms in total. The number of esters is 1. The van der Waals surface area contributed by atoms with Crippen molar-refractivity contribution in [3.05, 3.63) is 36.0 Å². The van der Waals surface area contributed by atoms with Gasteiger partial charge < -0.3 is 9.30 Å². The van der Waals surface area contributed by atoms with E-state index in [1.54, 1.807) is 20.8 Å². The van der Waals surface area contributed by atoms with Crippen LogP contribution < -0.4 is 0 Å². The molecule has 0 N–H and O–H groups in total. The Labute approximate surface area is 124 Å². The Hall–Kier alpha value is -2.10. The second-order valence-electron chi connectivity index (χ2n) is 5.77. The first-order valence-corrected chi connectivity index (χ1v) is 7.12. The van der Waals surface area contributed by atoms with Crippen LogP contribution in [0.3, 0.4) is 0 Å². The van der Waals surface area contributed by atoms with Gasteiger partial charge in [0.05, 0.1) is 13.2 Å². The topological polar surface area (TPSA) is 48.3 Å². The second-order valence-corrected chi connectivity index (χ2v) is 5.77. The number of rotatable bonds is 5. The van der Waals surface area contributed by atoms with Gasteiger partial charge in [-0.05, 0) is 50.8 Å². The lowest BCUT2D eigenvalue weighted by Crippen LogP contribution is -2.37. The Morgan fingerprint density at radius 2 is 1.95 bits per heavy atom. The molecule has 0 unspecified atom stereocenters. The number of carbonyl (C=O) groups excluding carboxylic acids is 2. The van der Waals surface area contributed by atoms with Gasteiger partial charge in [-0.2, -0.15) is 0 Å². The van der Waals surface area contributed by atoms with Gasteiger partial charge in [0.1, 0.15) is 5.41 Å². The van der Waals surface area contributed by atoms with E-state index < -0.39 is 11.4 Å². The molecule has 2 aromatic rings. The molecule has 0 atom stereocenters. The predicted octanol–water partition coefficient (Wildman–Crippen LogP) is 3.11. The molecule has 0 spiro atoms. The third-order valence-corrected chi connectivity index (χ3v) is 3.73. The van der Waals surface area contributed by atoms with E-state index in [9.17, 15) is 9.59 Å². The summed E-state index contributed by atoms with van der Waals surface area (Å²) in [6, 6.07) is 8.08. The maximum absolute atomic E-state index is 12.5. The van der Waals surface area contributed by atoms with Gasteiger partial charge in [0.2, 0.25) is 0 Å². The Morgan fingerprint density at radius 3 is 2.62 bits per heavy atom. The van der Waals surface area contributed by atoms with Crippen molar-refractivity contribution in [3.63, 3.8) is 0 Å². The lowest BCUT2D eigenvalue weighted by molar-refractivity contribution is -0.158. The average Bonchev–Trinajstić information content (AvgIpc) is 2.81. The fraction of sp³-hybridized carbons (Fsp3) is 0.412. The summed E-state index contributed by atoms with van der Waals surface area (Å²) < 4.78 is 6.87. The number of hydrogen-bond acceptors (Lipinski definition) is 3. The quantitative estimate of drug-likeness (QED) is 0.627. The van der Waals surface area contributed by atoms with Crippen molar-refractivity contribution in [2.45, 2.75) is 34.2 Å². The van der Waals surface area contributed by atoms with Crippen molar-refractivity contribution >= 4 is 22.7 Å². The van der Waals surface area contributed by atoms with Crippen molar-refractivity contribution in [3.8, 4) is 0 Å². The van der Waals surface area contributed by atoms with E-state index in [4.69, 9.17) is 4.74 Å². The summed E-state index contributed by atoms with van der Waals surface area (Å²) in [5.41, 5.74) is 1.01. The first-order chi connectivity index (χ1) is 9.86. The van der Waals surface area contributed by atoms with Crippen molar-refractivity contribution in [1.82, 2.24) is 4.57 Å². The highest BCUT2D eigenvalue weighted by Gasteiger charge is 2.37. The van der Waals surface area contributed by atoms with Crippen molar-refractivity contribution in [2.24, 2.45) is 5.41 Å². The predicted molar refractivity (Wildman–Crippen MR) is 82.1 cm³/mol. The van der Waals surface area contributed by atoms with E-state index in [-0.39, 0.29) is 18.9 Å². The van der Waals surface area contributed by atoms with Gasteiger partial charge >= 0.3 is 5.97 Å². The molecule has 4 heteroatoms. The SMILES string of the molecule is CCOC(=O)C(C)(C)C(=O)Cn1ccc2ccc(C)cc21. The number of ether oxygens (including phenoxy) is 1. The van der Waals surface area contributed by atoms with Crippen molar-refractivity contribution < 1.29 is 14.3 Å². The molecule has 0 amide bonds. The summed E-state index contributed by atoms with van der Waals surface area (Å²) >= 11 is 0. The Kier molecular flexibility index (Phi) is 4.16. The number of ketones is 1. The zero-order chi connectivity index (χ0) is 15.6. The highest BCUT2D eigenvalue weighted by atomic mass is 16.5. The summed E-state index contributed by atoms with van der Waals surface area (Å²) in [6.45, 7) is 7.43. The zero-order valence-corrected chi connectivity index (χ0v) is 13.0. The van der Waals surface area contributed by atoms with E-state index in [0.29, 0.717) is 0 Å². The molecule has 1 aromatic carbocycles. The number of fused-ring (bicyclic) bond motifs is 1. The number of nitrogens with zero attached hydrogens (tertiary/aromatic N) is 1. The first-order valence-electron chi connectivity index (χ1n) is 7.12. The molecule has 0 bridgehead atoms. The fourth-order valence-corrected chi connectivity index (χ4v) is 2.21. The van der Waals surface area contributed by atoms with Gasteiger partial charge in [-0.3, -0.25) is 9.59 Å². The molecule has 0 aliphatic heterocycles.